The fraction of sp³-hybridized carbons (Fsp3) is 0.462. The Kier molecular flexibility index (Phi) is 6.16. The Labute approximate surface area is 128 Å². The van der Waals surface area contributed by atoms with Gasteiger partial charge in [0.25, 0.3) is 0 Å². The number of nitrogens with one attached hydrogen (secondary N) is 2. The lowest BCUT2D eigenvalue weighted by Crippen LogP contribution is -2.29. The Balaban J connectivity index is 3.06. The summed E-state index contributed by atoms with van der Waals surface area (Å²) in [6.07, 6.45) is 0. The van der Waals surface area contributed by atoms with Crippen LogP contribution in [0, 0.1) is 5.92 Å². The highest BCUT2D eigenvalue weighted by Crippen LogP contribution is 2.22. The van der Waals surface area contributed by atoms with Crippen LogP contribution < -0.4 is 10.0 Å². The molecular weight excluding hydrogens is 344 g/mol. The Hall–Kier alpha value is -0.920. The molecule has 0 heterocycles. The number of carbonyl (C=O) groups excluding carboxylic acids is 1. The fourth-order valence-corrected chi connectivity index (χ4v) is 2.89. The van der Waals surface area contributed by atoms with E-state index in [9.17, 15) is 13.2 Å². The lowest BCUT2D eigenvalue weighted by molar-refractivity contribution is -0.116. The van der Waals surface area contributed by atoms with Gasteiger partial charge in [-0.2, -0.15) is 0 Å². The Bertz CT molecular complexity index is 573. The van der Waals surface area contributed by atoms with E-state index < -0.39 is 10.0 Å². The van der Waals surface area contributed by atoms with Crippen molar-refractivity contribution in [1.82, 2.24) is 4.72 Å². The topological polar surface area (TPSA) is 75.3 Å². The van der Waals surface area contributed by atoms with Crippen LogP contribution in [0.5, 0.6) is 0 Å². The third-order valence-corrected chi connectivity index (χ3v) is 5.68. The summed E-state index contributed by atoms with van der Waals surface area (Å²) in [5.74, 6) is -0.160. The second-order valence-corrected chi connectivity index (χ2v) is 7.35. The first-order chi connectivity index (χ1) is 9.29. The van der Waals surface area contributed by atoms with Crippen LogP contribution in [-0.4, -0.2) is 25.7 Å². The van der Waals surface area contributed by atoms with Gasteiger partial charge in [-0.15, -0.1) is 0 Å². The second-order valence-electron chi connectivity index (χ2n) is 4.63. The minimum Gasteiger partial charge on any atom is -0.324 e. The molecule has 0 bridgehead atoms. The summed E-state index contributed by atoms with van der Waals surface area (Å²) >= 11 is 3.29. The number of halogens is 1. The maximum atomic E-state index is 12.1. The van der Waals surface area contributed by atoms with Gasteiger partial charge < -0.3 is 5.32 Å². The number of anilines is 1. The van der Waals surface area contributed by atoms with E-state index in [2.05, 4.69) is 26.0 Å². The summed E-state index contributed by atoms with van der Waals surface area (Å²) in [5.41, 5.74) is 0.281. The normalized spacial score (nSPS) is 13.2. The number of alkyl halides is 1. The van der Waals surface area contributed by atoms with E-state index in [1.165, 1.54) is 6.07 Å². The molecule has 1 aromatic carbocycles. The first-order valence-corrected chi connectivity index (χ1v) is 8.73. The van der Waals surface area contributed by atoms with Crippen molar-refractivity contribution in [1.29, 1.82) is 0 Å². The average molecular weight is 363 g/mol. The van der Waals surface area contributed by atoms with E-state index in [0.717, 1.165) is 0 Å². The molecule has 0 radical (unpaired) electrons. The van der Waals surface area contributed by atoms with E-state index >= 15 is 0 Å². The van der Waals surface area contributed by atoms with Gasteiger partial charge >= 0.3 is 0 Å². The largest absolute Gasteiger partial charge is 0.324 e. The van der Waals surface area contributed by atoms with Gasteiger partial charge in [0.05, 0.1) is 10.5 Å². The molecule has 0 aliphatic carbocycles. The minimum absolute atomic E-state index is 0.0682. The van der Waals surface area contributed by atoms with Crippen LogP contribution in [0.1, 0.15) is 20.8 Å². The summed E-state index contributed by atoms with van der Waals surface area (Å²) in [4.78, 5) is 11.7. The molecule has 1 aromatic rings. The number of amides is 1. The van der Waals surface area contributed by atoms with E-state index in [4.69, 9.17) is 0 Å². The van der Waals surface area contributed by atoms with Crippen molar-refractivity contribution in [3.8, 4) is 0 Å². The third-order valence-electron chi connectivity index (χ3n) is 2.60. The quantitative estimate of drug-likeness (QED) is 0.762. The number of carbonyl (C=O) groups is 1. The van der Waals surface area contributed by atoms with Crippen LogP contribution >= 0.6 is 15.9 Å². The molecule has 1 rings (SSSR count). The van der Waals surface area contributed by atoms with E-state index in [0.29, 0.717) is 0 Å². The molecule has 5 nitrogen and oxygen atoms in total. The molecule has 0 saturated carbocycles. The molecule has 0 aromatic heterocycles. The van der Waals surface area contributed by atoms with Gasteiger partial charge in [0.15, 0.2) is 0 Å². The van der Waals surface area contributed by atoms with E-state index in [1.807, 2.05) is 13.8 Å². The molecule has 0 saturated heterocycles. The number of hydrogen-bond donors (Lipinski definition) is 2. The van der Waals surface area contributed by atoms with Gasteiger partial charge in [0.1, 0.15) is 4.90 Å². The van der Waals surface area contributed by atoms with Gasteiger partial charge in [-0.1, -0.05) is 48.8 Å². The molecule has 0 aliphatic rings. The molecule has 0 spiro atoms. The summed E-state index contributed by atoms with van der Waals surface area (Å²) in [7, 11) is -3.61. The van der Waals surface area contributed by atoms with Gasteiger partial charge in [-0.05, 0) is 18.1 Å². The maximum absolute atomic E-state index is 12.1. The Morgan fingerprint density at radius 2 is 1.90 bits per heavy atom. The predicted octanol–water partition coefficient (Wildman–Crippen LogP) is 2.34. The molecule has 1 atom stereocenters. The lowest BCUT2D eigenvalue weighted by atomic mass is 10.1. The Morgan fingerprint density at radius 1 is 1.30 bits per heavy atom. The highest BCUT2D eigenvalue weighted by atomic mass is 79.9. The first kappa shape index (κ1) is 17.1. The van der Waals surface area contributed by atoms with Crippen molar-refractivity contribution in [2.24, 2.45) is 5.92 Å². The smallest absolute Gasteiger partial charge is 0.242 e. The number of sulfonamides is 1. The van der Waals surface area contributed by atoms with Crippen LogP contribution in [0.2, 0.25) is 0 Å². The van der Waals surface area contributed by atoms with Crippen LogP contribution in [0.3, 0.4) is 0 Å². The van der Waals surface area contributed by atoms with Crippen LogP contribution in [0.25, 0.3) is 0 Å². The first-order valence-electron chi connectivity index (χ1n) is 6.33. The predicted molar refractivity (Wildman–Crippen MR) is 83.5 cm³/mol. The average Bonchev–Trinajstić information content (AvgIpc) is 2.38. The summed E-state index contributed by atoms with van der Waals surface area (Å²) in [6, 6.07) is 6.33. The maximum Gasteiger partial charge on any atom is 0.242 e. The highest BCUT2D eigenvalue weighted by Gasteiger charge is 2.22. The van der Waals surface area contributed by atoms with Crippen molar-refractivity contribution in [3.63, 3.8) is 0 Å². The highest BCUT2D eigenvalue weighted by molar-refractivity contribution is 9.10. The van der Waals surface area contributed by atoms with Crippen LogP contribution in [-0.2, 0) is 14.8 Å². The zero-order valence-corrected chi connectivity index (χ0v) is 14.1. The number of rotatable bonds is 6. The molecular formula is C13H19BrN2O3S. The monoisotopic (exact) mass is 362 g/mol. The van der Waals surface area contributed by atoms with Crippen molar-refractivity contribution in [3.05, 3.63) is 24.3 Å². The zero-order valence-electron chi connectivity index (χ0n) is 11.7. The number of para-hydroxylation sites is 1. The second kappa shape index (κ2) is 7.19. The molecule has 1 unspecified atom stereocenters. The number of hydrogen-bond acceptors (Lipinski definition) is 3. The molecule has 20 heavy (non-hydrogen) atoms. The summed E-state index contributed by atoms with van der Waals surface area (Å²) in [5, 5.41) is 2.65. The third kappa shape index (κ3) is 4.29. The van der Waals surface area contributed by atoms with Crippen molar-refractivity contribution < 1.29 is 13.2 Å². The number of benzene rings is 1. The minimum atomic E-state index is -3.61. The zero-order chi connectivity index (χ0) is 15.3. The van der Waals surface area contributed by atoms with Gasteiger partial charge in [0, 0.05) is 6.54 Å². The molecule has 2 N–H and O–H groups in total. The molecule has 1 amide bonds. The summed E-state index contributed by atoms with van der Waals surface area (Å²) < 4.78 is 26.5. The van der Waals surface area contributed by atoms with Gasteiger partial charge in [0.2, 0.25) is 15.9 Å². The van der Waals surface area contributed by atoms with E-state index in [-0.39, 0.29) is 33.8 Å². The van der Waals surface area contributed by atoms with Crippen LogP contribution in [0.15, 0.2) is 29.2 Å². The van der Waals surface area contributed by atoms with Crippen LogP contribution in [0.4, 0.5) is 5.69 Å². The molecule has 0 aliphatic heterocycles. The fourth-order valence-electron chi connectivity index (χ4n) is 1.58. The Morgan fingerprint density at radius 3 is 2.45 bits per heavy atom. The molecule has 7 heteroatoms. The molecule has 0 fully saturated rings. The standard InChI is InChI=1S/C13H19BrN2O3S/c1-4-15-20(18,19)11-8-6-5-7-10(11)16-13(17)12(14)9(2)3/h5-9,12,15H,4H2,1-3H3,(H,16,17). The van der Waals surface area contributed by atoms with Crippen molar-refractivity contribution in [2.75, 3.05) is 11.9 Å². The molecule has 112 valence electrons. The van der Waals surface area contributed by atoms with Gasteiger partial charge in [-0.25, -0.2) is 13.1 Å². The summed E-state index contributed by atoms with van der Waals surface area (Å²) in [6.45, 7) is 5.80. The lowest BCUT2D eigenvalue weighted by Gasteiger charge is -2.16. The van der Waals surface area contributed by atoms with Crippen molar-refractivity contribution in [2.45, 2.75) is 30.5 Å². The van der Waals surface area contributed by atoms with Crippen molar-refractivity contribution >= 4 is 37.5 Å². The SMILES string of the molecule is CCNS(=O)(=O)c1ccccc1NC(=O)C(Br)C(C)C. The van der Waals surface area contributed by atoms with Gasteiger partial charge in [-0.3, -0.25) is 4.79 Å². The van der Waals surface area contributed by atoms with E-state index in [1.54, 1.807) is 25.1 Å².